The molecule has 13 nitrogen and oxygen atoms in total. The van der Waals surface area contributed by atoms with Crippen LogP contribution in [-0.2, 0) is 11.8 Å². The smallest absolute Gasteiger partial charge is 0.273 e. The molecule has 2 aliphatic rings. The van der Waals surface area contributed by atoms with Crippen LogP contribution in [0.2, 0.25) is 0 Å². The molecule has 1 aliphatic carbocycles. The lowest BCUT2D eigenvalue weighted by molar-refractivity contribution is -0.117. The van der Waals surface area contributed by atoms with Crippen LogP contribution in [0.1, 0.15) is 59.9 Å². The lowest BCUT2D eigenvalue weighted by Gasteiger charge is -2.34. The number of rotatable bonds is 7. The first-order chi connectivity index (χ1) is 18.8. The average molecular weight is 510 g/mol. The number of aryl methyl sites for hydroxylation is 1. The summed E-state index contributed by atoms with van der Waals surface area (Å²) in [6.45, 7) is 3.04. The van der Waals surface area contributed by atoms with Gasteiger partial charge in [-0.15, -0.1) is 10.2 Å². The first-order valence-electron chi connectivity index (χ1n) is 13.4. The van der Waals surface area contributed by atoms with E-state index in [1.165, 1.54) is 10.9 Å². The van der Waals surface area contributed by atoms with Gasteiger partial charge in [0.25, 0.3) is 5.91 Å². The van der Waals surface area contributed by atoms with Crippen molar-refractivity contribution in [3.63, 3.8) is 0 Å². The van der Waals surface area contributed by atoms with Gasteiger partial charge in [-0.2, -0.15) is 15.0 Å². The number of carbonyl (C=O) groups is 2. The van der Waals surface area contributed by atoms with E-state index in [9.17, 15) is 9.59 Å². The van der Waals surface area contributed by atoms with Crippen molar-refractivity contribution in [3.05, 3.63) is 23.7 Å². The highest BCUT2D eigenvalue weighted by molar-refractivity contribution is 6.01. The van der Waals surface area contributed by atoms with Crippen LogP contribution < -0.4 is 25.6 Å². The van der Waals surface area contributed by atoms with Crippen molar-refractivity contribution in [1.29, 1.82) is 0 Å². The predicted molar refractivity (Wildman–Crippen MR) is 137 cm³/mol. The molecule has 13 heteroatoms. The molecule has 0 saturated heterocycles. The molecule has 37 heavy (non-hydrogen) atoms. The molecule has 3 aromatic heterocycles. The molecule has 5 rings (SSSR count). The van der Waals surface area contributed by atoms with Gasteiger partial charge >= 0.3 is 0 Å². The Balaban J connectivity index is 1.62. The third-order valence-electron chi connectivity index (χ3n) is 6.26. The van der Waals surface area contributed by atoms with E-state index >= 15 is 0 Å². The average Bonchev–Trinajstić information content (AvgIpc) is 3.63. The summed E-state index contributed by atoms with van der Waals surface area (Å²) >= 11 is 0. The molecule has 1 aliphatic heterocycles. The Morgan fingerprint density at radius 1 is 1.22 bits per heavy atom. The zero-order chi connectivity index (χ0) is 28.9. The monoisotopic (exact) mass is 509 g/mol. The molecule has 4 heterocycles. The van der Waals surface area contributed by atoms with Crippen molar-refractivity contribution in [2.45, 2.75) is 45.8 Å². The number of amides is 2. The minimum Gasteiger partial charge on any atom is -0.489 e. The molecule has 0 bridgehead atoms. The van der Waals surface area contributed by atoms with E-state index < -0.39 is 12.9 Å². The number of ether oxygens (including phenoxy) is 1. The first kappa shape index (κ1) is 20.9. The van der Waals surface area contributed by atoms with Crippen LogP contribution >= 0.6 is 0 Å². The lowest BCUT2D eigenvalue weighted by Crippen LogP contribution is -2.28. The minimum absolute atomic E-state index is 0.0877. The van der Waals surface area contributed by atoms with E-state index in [-0.39, 0.29) is 41.2 Å². The molecule has 0 radical (unpaired) electrons. The number of anilines is 4. The number of pyridine rings is 1. The van der Waals surface area contributed by atoms with Gasteiger partial charge in [0.15, 0.2) is 17.3 Å². The van der Waals surface area contributed by atoms with Crippen LogP contribution in [0.5, 0.6) is 5.75 Å². The van der Waals surface area contributed by atoms with Gasteiger partial charge < -0.3 is 25.6 Å². The number of nitrogens with one attached hydrogen (secondary N) is 3. The topological polar surface area (TPSA) is 152 Å². The minimum atomic E-state index is -2.75. The van der Waals surface area contributed by atoms with Gasteiger partial charge in [-0.1, -0.05) is 0 Å². The van der Waals surface area contributed by atoms with Crippen LogP contribution in [0.15, 0.2) is 12.3 Å². The van der Waals surface area contributed by atoms with E-state index in [4.69, 9.17) is 8.85 Å². The van der Waals surface area contributed by atoms with Gasteiger partial charge in [-0.3, -0.25) is 9.59 Å². The van der Waals surface area contributed by atoms with Crippen molar-refractivity contribution in [2.75, 3.05) is 29.6 Å². The zero-order valence-corrected chi connectivity index (χ0v) is 21.2. The Morgan fingerprint density at radius 3 is 2.70 bits per heavy atom. The van der Waals surface area contributed by atoms with Crippen LogP contribution in [0.3, 0.4) is 0 Å². The first-order valence-corrected chi connectivity index (χ1v) is 11.9. The highest BCUT2D eigenvalue weighted by Gasteiger charge is 2.36. The van der Waals surface area contributed by atoms with Gasteiger partial charge in [0, 0.05) is 37.2 Å². The number of fused-ring (bicyclic) bond motifs is 3. The van der Waals surface area contributed by atoms with Crippen molar-refractivity contribution in [2.24, 2.45) is 13.0 Å². The second-order valence-electron chi connectivity index (χ2n) is 9.41. The molecule has 0 spiro atoms. The lowest BCUT2D eigenvalue weighted by atomic mass is 9.97. The highest BCUT2D eigenvalue weighted by atomic mass is 16.5. The van der Waals surface area contributed by atoms with Crippen molar-refractivity contribution >= 4 is 34.8 Å². The maximum atomic E-state index is 12.9. The van der Waals surface area contributed by atoms with Gasteiger partial charge in [0.05, 0.1) is 35.3 Å². The van der Waals surface area contributed by atoms with E-state index in [2.05, 4.69) is 36.0 Å². The molecule has 3 aromatic rings. The summed E-state index contributed by atoms with van der Waals surface area (Å²) in [6, 6.07) is 1.24. The number of hydrogen-bond acceptors (Lipinski definition) is 10. The summed E-state index contributed by atoms with van der Waals surface area (Å²) < 4.78 is 28.4. The highest BCUT2D eigenvalue weighted by Crippen LogP contribution is 2.50. The Morgan fingerprint density at radius 2 is 2.00 bits per heavy atom. The standard InChI is InChI=1S/C24H30N10O3/c1-11(2)37-15-10-26-22(21-17(15)20-18(12(3)33(21)5)31-34(6)32-20)27-14-9-16(28-23(35)13-7-8-13)29-30-19(14)24(36)25-4/h9-13H,7-8H2,1-6H3,(H,25,36)(H2,26,27,28,29,35)/t12-/m0/s1/i4D3. The Kier molecular flexibility index (Phi) is 5.24. The molecule has 194 valence electrons. The molecular weight excluding hydrogens is 476 g/mol. The van der Waals surface area contributed by atoms with Crippen molar-refractivity contribution in [1.82, 2.24) is 35.5 Å². The summed E-state index contributed by atoms with van der Waals surface area (Å²) in [6.07, 6.45) is 2.99. The quantitative estimate of drug-likeness (QED) is 0.433. The van der Waals surface area contributed by atoms with E-state index in [0.29, 0.717) is 28.5 Å². The third-order valence-corrected chi connectivity index (χ3v) is 6.26. The SMILES string of the molecule is [2H]C([2H])([2H])NC(=O)c1nnc(NC(=O)C2CC2)cc1Nc1ncc(OC(C)C)c2c1N(C)[C@@H](C)c1nn(C)nc1-2. The van der Waals surface area contributed by atoms with Crippen LogP contribution in [0, 0.1) is 5.92 Å². The second kappa shape index (κ2) is 9.30. The second-order valence-corrected chi connectivity index (χ2v) is 9.41. The maximum absolute atomic E-state index is 12.9. The molecule has 2 amide bonds. The summed E-state index contributed by atoms with van der Waals surface area (Å²) in [5.41, 5.74) is 2.49. The van der Waals surface area contributed by atoms with Crippen LogP contribution in [0.4, 0.5) is 23.0 Å². The van der Waals surface area contributed by atoms with Gasteiger partial charge in [-0.05, 0) is 33.6 Å². The Hall–Kier alpha value is -4.29. The van der Waals surface area contributed by atoms with E-state index in [1.807, 2.05) is 38.0 Å². The molecule has 3 N–H and O–H groups in total. The molecule has 1 atom stereocenters. The number of carbonyl (C=O) groups excluding carboxylic acids is 2. The molecule has 0 unspecified atom stereocenters. The molecule has 1 saturated carbocycles. The summed E-state index contributed by atoms with van der Waals surface area (Å²) in [7, 11) is 3.62. The largest absolute Gasteiger partial charge is 0.489 e. The normalized spacial score (nSPS) is 17.7. The van der Waals surface area contributed by atoms with Crippen molar-refractivity contribution < 1.29 is 18.4 Å². The number of aromatic nitrogens is 6. The number of nitrogens with zero attached hydrogens (tertiary/aromatic N) is 7. The summed E-state index contributed by atoms with van der Waals surface area (Å²) in [5, 5.41) is 24.8. The van der Waals surface area contributed by atoms with Gasteiger partial charge in [0.2, 0.25) is 5.91 Å². The van der Waals surface area contributed by atoms with Crippen LogP contribution in [-0.4, -0.2) is 62.1 Å². The summed E-state index contributed by atoms with van der Waals surface area (Å²) in [4.78, 5) is 33.3. The van der Waals surface area contributed by atoms with Gasteiger partial charge in [0.1, 0.15) is 17.1 Å². The van der Waals surface area contributed by atoms with E-state index in [0.717, 1.165) is 18.5 Å². The van der Waals surface area contributed by atoms with Crippen molar-refractivity contribution in [3.8, 4) is 17.0 Å². The summed E-state index contributed by atoms with van der Waals surface area (Å²) in [5.74, 6) is -0.323. The fourth-order valence-electron chi connectivity index (χ4n) is 4.23. The van der Waals surface area contributed by atoms with Crippen LogP contribution in [0.25, 0.3) is 11.3 Å². The fourth-order valence-corrected chi connectivity index (χ4v) is 4.23. The molecule has 1 fully saturated rings. The fraction of sp³-hybridized carbons (Fsp3) is 0.458. The third kappa shape index (κ3) is 4.52. The van der Waals surface area contributed by atoms with Gasteiger partial charge in [-0.25, -0.2) is 4.98 Å². The Labute approximate surface area is 218 Å². The van der Waals surface area contributed by atoms with E-state index in [1.54, 1.807) is 13.2 Å². The predicted octanol–water partition coefficient (Wildman–Crippen LogP) is 2.42. The maximum Gasteiger partial charge on any atom is 0.273 e. The zero-order valence-electron chi connectivity index (χ0n) is 24.2. The number of hydrogen-bond donors (Lipinski definition) is 3. The Bertz CT molecular complexity index is 1490. The molecule has 0 aromatic carbocycles. The molecular formula is C24H30N10O3.